The summed E-state index contributed by atoms with van der Waals surface area (Å²) in [5.74, 6) is -0.290. The van der Waals surface area contributed by atoms with Gasteiger partial charge >= 0.3 is 6.09 Å². The normalized spacial score (nSPS) is 23.3. The predicted molar refractivity (Wildman–Crippen MR) is 122 cm³/mol. The maximum atomic E-state index is 13.5. The Balaban J connectivity index is 1.61. The fraction of sp³-hybridized carbons (Fsp3) is 0.500. The average molecular weight is 477 g/mol. The third kappa shape index (κ3) is 3.99. The zero-order valence-electron chi connectivity index (χ0n) is 18.2. The molecule has 2 saturated heterocycles. The van der Waals surface area contributed by atoms with Gasteiger partial charge in [-0.2, -0.15) is 15.7 Å². The molecule has 3 aliphatic rings. The number of aromatic nitrogens is 2. The van der Waals surface area contributed by atoms with Crippen molar-refractivity contribution in [2.45, 2.75) is 36.0 Å². The van der Waals surface area contributed by atoms with E-state index >= 15 is 0 Å². The van der Waals surface area contributed by atoms with Crippen molar-refractivity contribution >= 4 is 22.6 Å². The monoisotopic (exact) mass is 476 g/mol. The fourth-order valence-electron chi connectivity index (χ4n) is 4.98. The van der Waals surface area contributed by atoms with Gasteiger partial charge in [-0.1, -0.05) is 18.2 Å². The number of carbonyl (C=O) groups excluding carboxylic acids is 1. The molecule has 0 radical (unpaired) electrons. The molecule has 2 aromatic rings. The summed E-state index contributed by atoms with van der Waals surface area (Å²) in [6.45, 7) is 2.69. The molecule has 3 aliphatic heterocycles. The van der Waals surface area contributed by atoms with Crippen molar-refractivity contribution in [3.63, 3.8) is 0 Å². The van der Waals surface area contributed by atoms with Gasteiger partial charge in [0.05, 0.1) is 35.6 Å². The van der Waals surface area contributed by atoms with Crippen LogP contribution >= 0.6 is 10.6 Å². The number of hydrogen-bond acceptors (Lipinski definition) is 6. The first-order valence-electron chi connectivity index (χ1n) is 11.2. The van der Waals surface area contributed by atoms with Gasteiger partial charge in [0.1, 0.15) is 0 Å². The topological polar surface area (TPSA) is 128 Å². The van der Waals surface area contributed by atoms with Crippen LogP contribution in [0.4, 0.5) is 4.79 Å². The van der Waals surface area contributed by atoms with Crippen LogP contribution in [0.15, 0.2) is 29.2 Å². The zero-order valence-corrected chi connectivity index (χ0v) is 19.0. The molecule has 5 rings (SSSR count). The number of hydrogen-bond donors (Lipinski definition) is 3. The summed E-state index contributed by atoms with van der Waals surface area (Å²) in [5, 5.41) is 14.2. The van der Waals surface area contributed by atoms with Crippen molar-refractivity contribution in [1.29, 1.82) is 0 Å². The Morgan fingerprint density at radius 2 is 1.79 bits per heavy atom. The minimum Gasteiger partial charge on any atom is -0.465 e. The van der Waals surface area contributed by atoms with E-state index in [4.69, 9.17) is 9.84 Å². The standard InChI is InChI=1S/C22H28N4O6S/c27-21(24-10-12-32-13-11-24)19-17-14-33(30,31)18-6-2-1-5-16(18)20(17)26(23-19)15-4-3-8-25(9-7-15)22(28)29/h1-2,5-6,15,30-31H,3-4,7-14H2,(H,28,29). The highest BCUT2D eigenvalue weighted by Gasteiger charge is 2.38. The SMILES string of the molecule is O=C(O)N1CCCC(n2nc(C(=O)N3CCOCC3)c3c2-c2ccccc2S(O)(O)C3)CC1. The molecule has 1 aromatic heterocycles. The summed E-state index contributed by atoms with van der Waals surface area (Å²) in [6, 6.07) is 7.07. The second kappa shape index (κ2) is 8.64. The Labute approximate surface area is 193 Å². The molecule has 1 atom stereocenters. The van der Waals surface area contributed by atoms with Gasteiger partial charge in [-0.15, -0.1) is 0 Å². The summed E-state index contributed by atoms with van der Waals surface area (Å²) < 4.78 is 29.1. The van der Waals surface area contributed by atoms with Crippen molar-refractivity contribution in [2.75, 3.05) is 39.4 Å². The second-order valence-electron chi connectivity index (χ2n) is 8.69. The van der Waals surface area contributed by atoms with Crippen LogP contribution in [-0.2, 0) is 10.5 Å². The van der Waals surface area contributed by atoms with E-state index in [0.717, 1.165) is 12.1 Å². The van der Waals surface area contributed by atoms with Crippen LogP contribution in [0, 0.1) is 0 Å². The van der Waals surface area contributed by atoms with Crippen molar-refractivity contribution in [3.8, 4) is 11.3 Å². The van der Waals surface area contributed by atoms with Crippen LogP contribution in [0.25, 0.3) is 11.3 Å². The van der Waals surface area contributed by atoms with E-state index < -0.39 is 16.7 Å². The van der Waals surface area contributed by atoms with E-state index in [9.17, 15) is 23.8 Å². The molecule has 0 saturated carbocycles. The molecule has 3 N–H and O–H groups in total. The number of amides is 2. The third-order valence-corrected chi connectivity index (χ3v) is 8.42. The molecule has 2 fully saturated rings. The second-order valence-corrected chi connectivity index (χ2v) is 10.7. The summed E-state index contributed by atoms with van der Waals surface area (Å²) in [7, 11) is -3.12. The van der Waals surface area contributed by atoms with Crippen LogP contribution in [0.2, 0.25) is 0 Å². The Kier molecular flexibility index (Phi) is 5.81. The van der Waals surface area contributed by atoms with Crippen LogP contribution in [0.5, 0.6) is 0 Å². The van der Waals surface area contributed by atoms with E-state index in [2.05, 4.69) is 0 Å². The molecule has 1 unspecified atom stereocenters. The van der Waals surface area contributed by atoms with Gasteiger partial charge in [0.15, 0.2) is 5.69 Å². The first-order valence-corrected chi connectivity index (χ1v) is 12.9. The predicted octanol–water partition coefficient (Wildman–Crippen LogP) is 3.35. The lowest BCUT2D eigenvalue weighted by Gasteiger charge is -2.38. The van der Waals surface area contributed by atoms with Crippen LogP contribution < -0.4 is 0 Å². The first-order chi connectivity index (χ1) is 15.9. The van der Waals surface area contributed by atoms with Crippen molar-refractivity contribution < 1.29 is 28.5 Å². The van der Waals surface area contributed by atoms with Crippen LogP contribution in [-0.4, -0.2) is 85.2 Å². The van der Waals surface area contributed by atoms with E-state index in [1.165, 1.54) is 4.90 Å². The number of rotatable bonds is 2. The van der Waals surface area contributed by atoms with Gasteiger partial charge in [0.2, 0.25) is 0 Å². The smallest absolute Gasteiger partial charge is 0.407 e. The molecule has 11 heteroatoms. The lowest BCUT2D eigenvalue weighted by Crippen LogP contribution is -2.41. The molecule has 0 spiro atoms. The molecule has 0 aliphatic carbocycles. The molecule has 10 nitrogen and oxygen atoms in total. The van der Waals surface area contributed by atoms with Gasteiger partial charge in [0.25, 0.3) is 5.91 Å². The lowest BCUT2D eigenvalue weighted by atomic mass is 10.0. The lowest BCUT2D eigenvalue weighted by molar-refractivity contribution is 0.0297. The summed E-state index contributed by atoms with van der Waals surface area (Å²) >= 11 is 0. The number of likely N-dealkylation sites (tertiary alicyclic amines) is 1. The van der Waals surface area contributed by atoms with Crippen LogP contribution in [0.1, 0.15) is 41.4 Å². The fourth-order valence-corrected chi connectivity index (χ4v) is 6.63. The first kappa shape index (κ1) is 22.2. The highest BCUT2D eigenvalue weighted by atomic mass is 32.3. The van der Waals surface area contributed by atoms with Crippen molar-refractivity contribution in [2.24, 2.45) is 0 Å². The summed E-state index contributed by atoms with van der Waals surface area (Å²) in [4.78, 5) is 28.5. The molecule has 2 amide bonds. The van der Waals surface area contributed by atoms with Crippen LogP contribution in [0.3, 0.4) is 0 Å². The number of nitrogens with zero attached hydrogens (tertiary/aromatic N) is 4. The average Bonchev–Trinajstić information content (AvgIpc) is 3.00. The highest BCUT2D eigenvalue weighted by Crippen LogP contribution is 2.60. The number of benzene rings is 1. The number of fused-ring (bicyclic) bond motifs is 3. The molecule has 178 valence electrons. The molecular weight excluding hydrogens is 448 g/mol. The largest absolute Gasteiger partial charge is 0.465 e. The zero-order chi connectivity index (χ0) is 23.2. The minimum atomic E-state index is -3.12. The van der Waals surface area contributed by atoms with Crippen molar-refractivity contribution in [1.82, 2.24) is 19.6 Å². The number of carbonyl (C=O) groups is 2. The number of morpholine rings is 1. The Morgan fingerprint density at radius 1 is 1.03 bits per heavy atom. The minimum absolute atomic E-state index is 0.0568. The maximum absolute atomic E-state index is 13.5. The van der Waals surface area contributed by atoms with Gasteiger partial charge < -0.3 is 19.6 Å². The molecular formula is C22H28N4O6S. The summed E-state index contributed by atoms with van der Waals surface area (Å²) in [6.07, 6.45) is 1.06. The van der Waals surface area contributed by atoms with Gasteiger partial charge in [-0.05, 0) is 25.3 Å². The summed E-state index contributed by atoms with van der Waals surface area (Å²) in [5.41, 5.74) is 2.22. The quantitative estimate of drug-likeness (QED) is 0.606. The third-order valence-electron chi connectivity index (χ3n) is 6.66. The van der Waals surface area contributed by atoms with Gasteiger partial charge in [0, 0.05) is 37.3 Å². The van der Waals surface area contributed by atoms with Crippen molar-refractivity contribution in [3.05, 3.63) is 35.5 Å². The number of ether oxygens (including phenoxy) is 1. The number of carboxylic acid groups (broad SMARTS) is 1. The molecule has 0 bridgehead atoms. The van der Waals surface area contributed by atoms with Gasteiger partial charge in [-0.25, -0.2) is 4.79 Å². The Hall–Kier alpha value is -2.60. The molecule has 33 heavy (non-hydrogen) atoms. The Bertz CT molecular complexity index is 1080. The van der Waals surface area contributed by atoms with E-state index in [1.54, 1.807) is 17.0 Å². The molecule has 4 heterocycles. The van der Waals surface area contributed by atoms with E-state index in [0.29, 0.717) is 68.3 Å². The molecule has 1 aromatic carbocycles. The van der Waals surface area contributed by atoms with E-state index in [1.807, 2.05) is 16.8 Å². The maximum Gasteiger partial charge on any atom is 0.407 e. The highest BCUT2D eigenvalue weighted by molar-refractivity contribution is 8.23. The van der Waals surface area contributed by atoms with Gasteiger partial charge in [-0.3, -0.25) is 18.6 Å². The van der Waals surface area contributed by atoms with E-state index in [-0.39, 0.29) is 23.4 Å². The Morgan fingerprint density at radius 3 is 2.55 bits per heavy atom.